The summed E-state index contributed by atoms with van der Waals surface area (Å²) in [6.07, 6.45) is 2.15. The smallest absolute Gasteiger partial charge is 0.326 e. The van der Waals surface area contributed by atoms with Crippen molar-refractivity contribution in [1.82, 2.24) is 0 Å². The molecule has 0 aliphatic heterocycles. The number of thiol groups is 1. The maximum atomic E-state index is 11.2. The summed E-state index contributed by atoms with van der Waals surface area (Å²) < 4.78 is 4.67. The predicted octanol–water partition coefficient (Wildman–Crippen LogP) is 1.61. The molecule has 0 aliphatic carbocycles. The number of hydrogen-bond acceptors (Lipinski definition) is 4. The van der Waals surface area contributed by atoms with E-state index in [4.69, 9.17) is 0 Å². The molecule has 1 unspecified atom stereocenters. The Morgan fingerprint density at radius 2 is 2.00 bits per heavy atom. The summed E-state index contributed by atoms with van der Waals surface area (Å²) in [6.45, 7) is 3.98. The molecule has 0 spiro atoms. The van der Waals surface area contributed by atoms with Crippen LogP contribution in [0, 0.1) is 0 Å². The van der Waals surface area contributed by atoms with Gasteiger partial charge in [0.15, 0.2) is 11.0 Å². The van der Waals surface area contributed by atoms with E-state index in [-0.39, 0.29) is 12.4 Å². The molecule has 0 fully saturated rings. The van der Waals surface area contributed by atoms with Gasteiger partial charge in [-0.15, -0.1) is 0 Å². The average Bonchev–Trinajstić information content (AvgIpc) is 2.13. The highest BCUT2D eigenvalue weighted by atomic mass is 32.1. The maximum absolute atomic E-state index is 11.2. The SMILES string of the molecule is CCCCC(=O)C(S)C(=O)OCC. The van der Waals surface area contributed by atoms with E-state index in [2.05, 4.69) is 17.4 Å². The van der Waals surface area contributed by atoms with Gasteiger partial charge in [-0.2, -0.15) is 12.6 Å². The summed E-state index contributed by atoms with van der Waals surface area (Å²) in [5.74, 6) is -0.685. The monoisotopic (exact) mass is 204 g/mol. The second-order valence-electron chi connectivity index (χ2n) is 2.72. The zero-order valence-corrected chi connectivity index (χ0v) is 8.97. The molecular weight excluding hydrogens is 188 g/mol. The lowest BCUT2D eigenvalue weighted by atomic mass is 10.1. The Bertz CT molecular complexity index is 180. The van der Waals surface area contributed by atoms with E-state index < -0.39 is 11.2 Å². The van der Waals surface area contributed by atoms with Crippen LogP contribution < -0.4 is 0 Å². The fraction of sp³-hybridized carbons (Fsp3) is 0.778. The van der Waals surface area contributed by atoms with Crippen molar-refractivity contribution in [2.45, 2.75) is 38.4 Å². The lowest BCUT2D eigenvalue weighted by Crippen LogP contribution is -2.26. The molecule has 3 nitrogen and oxygen atoms in total. The number of ether oxygens (including phenoxy) is 1. The zero-order valence-electron chi connectivity index (χ0n) is 8.08. The van der Waals surface area contributed by atoms with Gasteiger partial charge in [0.1, 0.15) is 0 Å². The molecule has 0 amide bonds. The van der Waals surface area contributed by atoms with Crippen LogP contribution in [0.5, 0.6) is 0 Å². The Hall–Kier alpha value is -0.510. The van der Waals surface area contributed by atoms with Crippen molar-refractivity contribution in [1.29, 1.82) is 0 Å². The van der Waals surface area contributed by atoms with E-state index in [1.165, 1.54) is 0 Å². The highest BCUT2D eigenvalue weighted by Gasteiger charge is 2.22. The summed E-state index contributed by atoms with van der Waals surface area (Å²) in [6, 6.07) is 0. The van der Waals surface area contributed by atoms with Crippen molar-refractivity contribution < 1.29 is 14.3 Å². The van der Waals surface area contributed by atoms with Crippen molar-refractivity contribution in [2.75, 3.05) is 6.61 Å². The third-order valence-electron chi connectivity index (χ3n) is 1.59. The van der Waals surface area contributed by atoms with Crippen LogP contribution in [0.2, 0.25) is 0 Å². The molecule has 0 radical (unpaired) electrons. The minimum Gasteiger partial charge on any atom is -0.465 e. The zero-order chi connectivity index (χ0) is 10.3. The molecule has 4 heteroatoms. The van der Waals surface area contributed by atoms with Crippen LogP contribution >= 0.6 is 12.6 Å². The lowest BCUT2D eigenvalue weighted by Gasteiger charge is -2.07. The Morgan fingerprint density at radius 1 is 1.38 bits per heavy atom. The molecule has 0 saturated carbocycles. The molecule has 0 saturated heterocycles. The van der Waals surface area contributed by atoms with Gasteiger partial charge in [0, 0.05) is 6.42 Å². The molecule has 0 heterocycles. The molecule has 0 aromatic heterocycles. The van der Waals surface area contributed by atoms with Crippen LogP contribution in [0.1, 0.15) is 33.1 Å². The first-order valence-electron chi connectivity index (χ1n) is 4.50. The van der Waals surface area contributed by atoms with E-state index in [0.29, 0.717) is 6.42 Å². The standard InChI is InChI=1S/C9H16O3S/c1-3-5-6-7(10)8(13)9(11)12-4-2/h8,13H,3-6H2,1-2H3. The molecule has 0 aliphatic rings. The van der Waals surface area contributed by atoms with Gasteiger partial charge in [-0.05, 0) is 13.3 Å². The van der Waals surface area contributed by atoms with Crippen molar-refractivity contribution in [3.63, 3.8) is 0 Å². The Morgan fingerprint density at radius 3 is 2.46 bits per heavy atom. The van der Waals surface area contributed by atoms with Gasteiger partial charge in [0.25, 0.3) is 0 Å². The van der Waals surface area contributed by atoms with Gasteiger partial charge in [-0.25, -0.2) is 0 Å². The third kappa shape index (κ3) is 4.93. The molecule has 0 bridgehead atoms. The van der Waals surface area contributed by atoms with Gasteiger partial charge in [-0.1, -0.05) is 13.3 Å². The minimum atomic E-state index is -0.897. The minimum absolute atomic E-state index is 0.149. The van der Waals surface area contributed by atoms with Gasteiger partial charge >= 0.3 is 5.97 Å². The molecule has 13 heavy (non-hydrogen) atoms. The number of carbonyl (C=O) groups excluding carboxylic acids is 2. The van der Waals surface area contributed by atoms with E-state index in [1.807, 2.05) is 6.92 Å². The summed E-state index contributed by atoms with van der Waals surface area (Å²) in [7, 11) is 0. The predicted molar refractivity (Wildman–Crippen MR) is 53.9 cm³/mol. The summed E-state index contributed by atoms with van der Waals surface area (Å²) in [5, 5.41) is -0.897. The van der Waals surface area contributed by atoms with E-state index in [1.54, 1.807) is 6.92 Å². The molecule has 76 valence electrons. The fourth-order valence-corrected chi connectivity index (χ4v) is 1.04. The number of Topliss-reactive ketones (excluding diaryl/α,β-unsaturated/α-hetero) is 1. The number of unbranched alkanes of at least 4 members (excludes halogenated alkanes) is 1. The van der Waals surface area contributed by atoms with Crippen LogP contribution in [0.15, 0.2) is 0 Å². The van der Waals surface area contributed by atoms with Gasteiger partial charge < -0.3 is 4.74 Å². The number of ketones is 1. The molecular formula is C9H16O3S. The molecule has 0 aromatic rings. The average molecular weight is 204 g/mol. The lowest BCUT2D eigenvalue weighted by molar-refractivity contribution is -0.144. The normalized spacial score (nSPS) is 12.2. The van der Waals surface area contributed by atoms with Crippen LogP contribution in [-0.2, 0) is 14.3 Å². The van der Waals surface area contributed by atoms with Gasteiger partial charge in [0.05, 0.1) is 6.61 Å². The third-order valence-corrected chi connectivity index (χ3v) is 2.09. The fourth-order valence-electron chi connectivity index (χ4n) is 0.840. The van der Waals surface area contributed by atoms with E-state index in [9.17, 15) is 9.59 Å². The number of rotatable bonds is 6. The molecule has 0 aromatic carbocycles. The van der Waals surface area contributed by atoms with E-state index >= 15 is 0 Å². The second kappa shape index (κ2) is 6.95. The maximum Gasteiger partial charge on any atom is 0.326 e. The van der Waals surface area contributed by atoms with Crippen LogP contribution in [0.3, 0.4) is 0 Å². The molecule has 0 rings (SSSR count). The summed E-state index contributed by atoms with van der Waals surface area (Å²) in [4.78, 5) is 22.3. The van der Waals surface area contributed by atoms with Crippen molar-refractivity contribution in [3.8, 4) is 0 Å². The van der Waals surface area contributed by atoms with Crippen molar-refractivity contribution >= 4 is 24.4 Å². The van der Waals surface area contributed by atoms with Gasteiger partial charge in [0.2, 0.25) is 0 Å². The van der Waals surface area contributed by atoms with Crippen LogP contribution in [0.25, 0.3) is 0 Å². The quantitative estimate of drug-likeness (QED) is 0.406. The van der Waals surface area contributed by atoms with Crippen molar-refractivity contribution in [2.24, 2.45) is 0 Å². The van der Waals surface area contributed by atoms with Gasteiger partial charge in [-0.3, -0.25) is 9.59 Å². The highest BCUT2D eigenvalue weighted by molar-refractivity contribution is 7.82. The first kappa shape index (κ1) is 12.5. The Balaban J connectivity index is 3.87. The highest BCUT2D eigenvalue weighted by Crippen LogP contribution is 2.06. The Kier molecular flexibility index (Phi) is 6.68. The summed E-state index contributed by atoms with van der Waals surface area (Å²) >= 11 is 3.90. The Labute approximate surface area is 84.3 Å². The number of carbonyl (C=O) groups is 2. The topological polar surface area (TPSA) is 43.4 Å². The van der Waals surface area contributed by atoms with Crippen LogP contribution in [-0.4, -0.2) is 23.6 Å². The molecule has 0 N–H and O–H groups in total. The number of hydrogen-bond donors (Lipinski definition) is 1. The number of esters is 1. The van der Waals surface area contributed by atoms with E-state index in [0.717, 1.165) is 12.8 Å². The first-order chi connectivity index (χ1) is 6.13. The van der Waals surface area contributed by atoms with Crippen molar-refractivity contribution in [3.05, 3.63) is 0 Å². The summed E-state index contributed by atoms with van der Waals surface area (Å²) in [5.41, 5.74) is 0. The first-order valence-corrected chi connectivity index (χ1v) is 5.02. The second-order valence-corrected chi connectivity index (χ2v) is 3.24. The molecule has 1 atom stereocenters. The van der Waals surface area contributed by atoms with Crippen LogP contribution in [0.4, 0.5) is 0 Å². The largest absolute Gasteiger partial charge is 0.465 e.